The second kappa shape index (κ2) is 7.84. The van der Waals surface area contributed by atoms with Crippen molar-refractivity contribution in [1.82, 2.24) is 20.4 Å². The molecule has 1 heterocycles. The molecule has 0 aliphatic rings. The number of unbranched alkanes of at least 4 members (excludes halogenated alkanes) is 1. The maximum Gasteiger partial charge on any atom is 0.233 e. The number of rotatable bonds is 8. The van der Waals surface area contributed by atoms with E-state index < -0.39 is 0 Å². The number of carbonyl (C=O) groups is 1. The quantitative estimate of drug-likeness (QED) is 0.647. The molecule has 0 spiro atoms. The summed E-state index contributed by atoms with van der Waals surface area (Å²) in [5.74, 6) is 0.0690. The number of carbonyl (C=O) groups excluding carboxylic acids is 1. The minimum atomic E-state index is 0.0690. The lowest BCUT2D eigenvalue weighted by Crippen LogP contribution is -2.35. The summed E-state index contributed by atoms with van der Waals surface area (Å²) in [7, 11) is 1.90. The fourth-order valence-electron chi connectivity index (χ4n) is 1.48. The lowest BCUT2D eigenvalue weighted by molar-refractivity contribution is -0.120. The third kappa shape index (κ3) is 6.06. The van der Waals surface area contributed by atoms with Crippen LogP contribution in [0.3, 0.4) is 0 Å². The van der Waals surface area contributed by atoms with Gasteiger partial charge < -0.3 is 10.6 Å². The Balaban J connectivity index is 2.02. The highest BCUT2D eigenvalue weighted by atomic mass is 16.1. The van der Waals surface area contributed by atoms with Crippen LogP contribution >= 0.6 is 0 Å². The molecule has 17 heavy (non-hydrogen) atoms. The summed E-state index contributed by atoms with van der Waals surface area (Å²) in [5, 5.41) is 10.2. The second-order valence-electron chi connectivity index (χ2n) is 4.11. The van der Waals surface area contributed by atoms with Gasteiger partial charge in [0.05, 0.1) is 12.2 Å². The SMILES string of the molecule is CCCCNC(=O)CNCCc1ccn(C)n1. The van der Waals surface area contributed by atoms with Gasteiger partial charge in [0.15, 0.2) is 0 Å². The number of amides is 1. The smallest absolute Gasteiger partial charge is 0.233 e. The van der Waals surface area contributed by atoms with E-state index in [0.717, 1.165) is 38.0 Å². The van der Waals surface area contributed by atoms with Gasteiger partial charge in [-0.15, -0.1) is 0 Å². The van der Waals surface area contributed by atoms with E-state index >= 15 is 0 Å². The first kappa shape index (κ1) is 13.7. The normalized spacial score (nSPS) is 10.5. The molecule has 1 rings (SSSR count). The van der Waals surface area contributed by atoms with E-state index in [1.807, 2.05) is 19.3 Å². The molecule has 1 aromatic rings. The highest BCUT2D eigenvalue weighted by Gasteiger charge is 2.00. The van der Waals surface area contributed by atoms with Gasteiger partial charge in [-0.3, -0.25) is 9.48 Å². The monoisotopic (exact) mass is 238 g/mol. The van der Waals surface area contributed by atoms with Crippen molar-refractivity contribution in [2.75, 3.05) is 19.6 Å². The number of aryl methyl sites for hydroxylation is 1. The molecule has 96 valence electrons. The minimum Gasteiger partial charge on any atom is -0.355 e. The molecule has 5 heteroatoms. The Hall–Kier alpha value is -1.36. The lowest BCUT2D eigenvalue weighted by atomic mass is 10.3. The van der Waals surface area contributed by atoms with Crippen molar-refractivity contribution in [1.29, 1.82) is 0 Å². The van der Waals surface area contributed by atoms with Gasteiger partial charge in [0.25, 0.3) is 0 Å². The molecule has 1 amide bonds. The van der Waals surface area contributed by atoms with Crippen LogP contribution in [0.5, 0.6) is 0 Å². The van der Waals surface area contributed by atoms with Gasteiger partial charge >= 0.3 is 0 Å². The molecule has 0 saturated carbocycles. The van der Waals surface area contributed by atoms with Crippen molar-refractivity contribution in [2.45, 2.75) is 26.2 Å². The van der Waals surface area contributed by atoms with E-state index in [9.17, 15) is 4.79 Å². The van der Waals surface area contributed by atoms with Gasteiger partial charge in [0.1, 0.15) is 0 Å². The molecular formula is C12H22N4O. The number of aromatic nitrogens is 2. The average Bonchev–Trinajstić information content (AvgIpc) is 2.71. The summed E-state index contributed by atoms with van der Waals surface area (Å²) in [6.07, 6.45) is 4.92. The maximum absolute atomic E-state index is 11.3. The molecule has 2 N–H and O–H groups in total. The molecule has 0 aromatic carbocycles. The molecular weight excluding hydrogens is 216 g/mol. The highest BCUT2D eigenvalue weighted by molar-refractivity contribution is 5.77. The first-order chi connectivity index (χ1) is 8.22. The number of hydrogen-bond donors (Lipinski definition) is 2. The van der Waals surface area contributed by atoms with Crippen molar-refractivity contribution >= 4 is 5.91 Å². The lowest BCUT2D eigenvalue weighted by Gasteiger charge is -2.05. The fourth-order valence-corrected chi connectivity index (χ4v) is 1.48. The van der Waals surface area contributed by atoms with Gasteiger partial charge in [-0.05, 0) is 12.5 Å². The van der Waals surface area contributed by atoms with Crippen LogP contribution < -0.4 is 10.6 Å². The van der Waals surface area contributed by atoms with Gasteiger partial charge in [-0.25, -0.2) is 0 Å². The summed E-state index contributed by atoms with van der Waals surface area (Å²) in [6.45, 7) is 4.04. The van der Waals surface area contributed by atoms with E-state index in [2.05, 4.69) is 22.7 Å². The van der Waals surface area contributed by atoms with Crippen molar-refractivity contribution in [3.05, 3.63) is 18.0 Å². The molecule has 0 radical (unpaired) electrons. The molecule has 0 aliphatic carbocycles. The molecule has 1 aromatic heterocycles. The second-order valence-corrected chi connectivity index (χ2v) is 4.11. The van der Waals surface area contributed by atoms with Crippen molar-refractivity contribution < 1.29 is 4.79 Å². The maximum atomic E-state index is 11.3. The first-order valence-corrected chi connectivity index (χ1v) is 6.18. The Labute approximate surface area is 103 Å². The molecule has 0 fully saturated rings. The molecule has 5 nitrogen and oxygen atoms in total. The highest BCUT2D eigenvalue weighted by Crippen LogP contribution is 1.93. The topological polar surface area (TPSA) is 59.0 Å². The third-order valence-corrected chi connectivity index (χ3v) is 2.46. The largest absolute Gasteiger partial charge is 0.355 e. The summed E-state index contributed by atoms with van der Waals surface area (Å²) < 4.78 is 1.78. The summed E-state index contributed by atoms with van der Waals surface area (Å²) in [6, 6.07) is 1.99. The van der Waals surface area contributed by atoms with Crippen LogP contribution in [0.2, 0.25) is 0 Å². The molecule has 0 aliphatic heterocycles. The van der Waals surface area contributed by atoms with Gasteiger partial charge in [0, 0.05) is 32.8 Å². The van der Waals surface area contributed by atoms with Crippen LogP contribution in [0.1, 0.15) is 25.5 Å². The predicted molar refractivity (Wildman–Crippen MR) is 67.7 cm³/mol. The van der Waals surface area contributed by atoms with Crippen LogP contribution in [0.15, 0.2) is 12.3 Å². The zero-order valence-electron chi connectivity index (χ0n) is 10.7. The van der Waals surface area contributed by atoms with Crippen LogP contribution in [0.25, 0.3) is 0 Å². The summed E-state index contributed by atoms with van der Waals surface area (Å²) in [4.78, 5) is 11.3. The molecule has 0 saturated heterocycles. The third-order valence-electron chi connectivity index (χ3n) is 2.46. The number of nitrogens with zero attached hydrogens (tertiary/aromatic N) is 2. The average molecular weight is 238 g/mol. The van der Waals surface area contributed by atoms with E-state index in [0.29, 0.717) is 6.54 Å². The van der Waals surface area contributed by atoms with Crippen LogP contribution in [0, 0.1) is 0 Å². The standard InChI is InChI=1S/C12H22N4O/c1-3-4-7-14-12(17)10-13-8-5-11-6-9-16(2)15-11/h6,9,13H,3-5,7-8,10H2,1-2H3,(H,14,17). The Morgan fingerprint density at radius 1 is 1.47 bits per heavy atom. The van der Waals surface area contributed by atoms with Crippen LogP contribution in [0.4, 0.5) is 0 Å². The van der Waals surface area contributed by atoms with Crippen molar-refractivity contribution in [2.24, 2.45) is 7.05 Å². The van der Waals surface area contributed by atoms with Crippen molar-refractivity contribution in [3.8, 4) is 0 Å². The Morgan fingerprint density at radius 3 is 2.94 bits per heavy atom. The molecule has 0 unspecified atom stereocenters. The summed E-state index contributed by atoms with van der Waals surface area (Å²) in [5.41, 5.74) is 1.05. The van der Waals surface area contributed by atoms with Crippen LogP contribution in [-0.4, -0.2) is 35.3 Å². The number of hydrogen-bond acceptors (Lipinski definition) is 3. The minimum absolute atomic E-state index is 0.0690. The predicted octanol–water partition coefficient (Wildman–Crippen LogP) is 0.469. The van der Waals surface area contributed by atoms with Gasteiger partial charge in [-0.2, -0.15) is 5.10 Å². The van der Waals surface area contributed by atoms with Crippen molar-refractivity contribution in [3.63, 3.8) is 0 Å². The Bertz CT molecular complexity index is 335. The van der Waals surface area contributed by atoms with Gasteiger partial charge in [-0.1, -0.05) is 13.3 Å². The fraction of sp³-hybridized carbons (Fsp3) is 0.667. The van der Waals surface area contributed by atoms with Gasteiger partial charge in [0.2, 0.25) is 5.91 Å². The Morgan fingerprint density at radius 2 is 2.29 bits per heavy atom. The summed E-state index contributed by atoms with van der Waals surface area (Å²) >= 11 is 0. The van der Waals surface area contributed by atoms with E-state index in [4.69, 9.17) is 0 Å². The van der Waals surface area contributed by atoms with E-state index in [1.54, 1.807) is 4.68 Å². The van der Waals surface area contributed by atoms with E-state index in [-0.39, 0.29) is 5.91 Å². The zero-order valence-corrected chi connectivity index (χ0v) is 10.7. The molecule has 0 bridgehead atoms. The molecule has 0 atom stereocenters. The van der Waals surface area contributed by atoms with E-state index in [1.165, 1.54) is 0 Å². The zero-order chi connectivity index (χ0) is 12.5. The number of nitrogens with one attached hydrogen (secondary N) is 2. The first-order valence-electron chi connectivity index (χ1n) is 6.18. The van der Waals surface area contributed by atoms with Crippen LogP contribution in [-0.2, 0) is 18.3 Å². The Kier molecular flexibility index (Phi) is 6.32.